The molecule has 2 fully saturated rings. The van der Waals surface area contributed by atoms with Crippen LogP contribution in [0.25, 0.3) is 10.9 Å². The third-order valence-electron chi connectivity index (χ3n) is 8.12. The van der Waals surface area contributed by atoms with E-state index in [1.54, 1.807) is 29.2 Å². The molecular formula is C32H37FN6O4S. The van der Waals surface area contributed by atoms with Crippen LogP contribution in [0.2, 0.25) is 0 Å². The van der Waals surface area contributed by atoms with Crippen molar-refractivity contribution in [2.75, 3.05) is 43.1 Å². The molecule has 2 aliphatic rings. The number of aromatic nitrogens is 2. The van der Waals surface area contributed by atoms with Crippen molar-refractivity contribution in [1.29, 1.82) is 0 Å². The molecular weight excluding hydrogens is 583 g/mol. The number of anilines is 1. The SMILES string of the molecule is CCCN1CCN(n2ncc3cc(S(=O)(=O)c4cccc(F)c4)ccc32)C(NC(=O)c2ccccc2NC2CCCCO2)C1. The Bertz CT molecular complexity index is 1740. The van der Waals surface area contributed by atoms with Gasteiger partial charge in [0.2, 0.25) is 9.84 Å². The minimum absolute atomic E-state index is 0.0545. The summed E-state index contributed by atoms with van der Waals surface area (Å²) in [5.41, 5.74) is 1.95. The lowest BCUT2D eigenvalue weighted by molar-refractivity contribution is 0.0343. The van der Waals surface area contributed by atoms with Gasteiger partial charge in [0.25, 0.3) is 5.91 Å². The largest absolute Gasteiger partial charge is 0.359 e. The number of rotatable bonds is 9. The van der Waals surface area contributed by atoms with E-state index >= 15 is 0 Å². The van der Waals surface area contributed by atoms with Gasteiger partial charge in [-0.25, -0.2) is 12.8 Å². The summed E-state index contributed by atoms with van der Waals surface area (Å²) in [6.45, 7) is 5.70. The molecule has 1 amide bonds. The van der Waals surface area contributed by atoms with E-state index < -0.39 is 21.8 Å². The van der Waals surface area contributed by atoms with Gasteiger partial charge in [0.15, 0.2) is 0 Å². The molecule has 44 heavy (non-hydrogen) atoms. The normalized spacial score (nSPS) is 19.6. The second kappa shape index (κ2) is 12.9. The van der Waals surface area contributed by atoms with E-state index in [1.165, 1.54) is 24.3 Å². The number of fused-ring (bicyclic) bond motifs is 1. The van der Waals surface area contributed by atoms with Crippen LogP contribution in [0, 0.1) is 5.82 Å². The van der Waals surface area contributed by atoms with Gasteiger partial charge in [0.05, 0.1) is 33.6 Å². The Morgan fingerprint density at radius 2 is 1.89 bits per heavy atom. The number of amides is 1. The maximum absolute atomic E-state index is 13.8. The minimum atomic E-state index is -3.92. The molecule has 3 aromatic carbocycles. The lowest BCUT2D eigenvalue weighted by Crippen LogP contribution is -2.64. The summed E-state index contributed by atoms with van der Waals surface area (Å²) in [4.78, 5) is 17.8. The number of benzene rings is 3. The zero-order valence-corrected chi connectivity index (χ0v) is 25.5. The Morgan fingerprint density at radius 3 is 2.68 bits per heavy atom. The molecule has 0 aliphatic carbocycles. The van der Waals surface area contributed by atoms with Crippen molar-refractivity contribution in [3.63, 3.8) is 0 Å². The maximum Gasteiger partial charge on any atom is 0.255 e. The summed E-state index contributed by atoms with van der Waals surface area (Å²) in [7, 11) is -3.92. The molecule has 2 unspecified atom stereocenters. The Labute approximate surface area is 256 Å². The fourth-order valence-corrected chi connectivity index (χ4v) is 7.23. The summed E-state index contributed by atoms with van der Waals surface area (Å²) in [6, 6.07) is 17.2. The highest BCUT2D eigenvalue weighted by atomic mass is 32.2. The van der Waals surface area contributed by atoms with Gasteiger partial charge in [-0.3, -0.25) is 14.7 Å². The molecule has 2 N–H and O–H groups in total. The number of piperazine rings is 1. The van der Waals surface area contributed by atoms with Crippen LogP contribution in [0.5, 0.6) is 0 Å². The summed E-state index contributed by atoms with van der Waals surface area (Å²) in [5.74, 6) is -0.826. The molecule has 12 heteroatoms. The van der Waals surface area contributed by atoms with Crippen molar-refractivity contribution in [2.45, 2.75) is 54.8 Å². The zero-order valence-electron chi connectivity index (χ0n) is 24.7. The van der Waals surface area contributed by atoms with Crippen molar-refractivity contribution < 1.29 is 22.3 Å². The first-order valence-corrected chi connectivity index (χ1v) is 16.6. The van der Waals surface area contributed by atoms with E-state index in [-0.39, 0.29) is 21.9 Å². The van der Waals surface area contributed by atoms with Crippen molar-refractivity contribution in [1.82, 2.24) is 20.1 Å². The number of ether oxygens (including phenoxy) is 1. The summed E-state index contributed by atoms with van der Waals surface area (Å²) >= 11 is 0. The van der Waals surface area contributed by atoms with Crippen LogP contribution in [-0.2, 0) is 14.6 Å². The van der Waals surface area contributed by atoms with Crippen LogP contribution in [-0.4, -0.2) is 74.3 Å². The van der Waals surface area contributed by atoms with Crippen molar-refractivity contribution in [3.05, 3.63) is 84.3 Å². The van der Waals surface area contributed by atoms with Gasteiger partial charge in [-0.2, -0.15) is 9.89 Å². The van der Waals surface area contributed by atoms with Crippen LogP contribution in [0.4, 0.5) is 10.1 Å². The highest BCUT2D eigenvalue weighted by Gasteiger charge is 2.31. The highest BCUT2D eigenvalue weighted by Crippen LogP contribution is 2.26. The molecule has 1 aromatic heterocycles. The number of hydrogen-bond acceptors (Lipinski definition) is 8. The average molecular weight is 621 g/mol. The van der Waals surface area contributed by atoms with Gasteiger partial charge < -0.3 is 15.4 Å². The fraction of sp³-hybridized carbons (Fsp3) is 0.375. The lowest BCUT2D eigenvalue weighted by atomic mass is 10.1. The van der Waals surface area contributed by atoms with Crippen LogP contribution in [0.1, 0.15) is 43.0 Å². The lowest BCUT2D eigenvalue weighted by Gasteiger charge is -2.42. The molecule has 4 aromatic rings. The average Bonchev–Trinajstić information content (AvgIpc) is 3.45. The summed E-state index contributed by atoms with van der Waals surface area (Å²) in [6.07, 6.45) is 5.07. The van der Waals surface area contributed by atoms with Gasteiger partial charge >= 0.3 is 0 Å². The van der Waals surface area contributed by atoms with Gasteiger partial charge in [0, 0.05) is 30.8 Å². The standard InChI is InChI=1S/C32H37FN6O4S/c1-2-15-37-16-17-38(30(22-37)36-32(40)27-10-3-4-11-28(27)35-31-12-5-6-18-43-31)39-29-14-13-26(19-23(29)21-34-39)44(41,42)25-9-7-8-24(33)20-25/h3-4,7-11,13-14,19-21,30-31,35H,2,5-6,12,15-18,22H2,1H3,(H,36,40). The van der Waals surface area contributed by atoms with Crippen molar-refractivity contribution >= 4 is 32.3 Å². The first-order chi connectivity index (χ1) is 21.3. The maximum atomic E-state index is 13.8. The van der Waals surface area contributed by atoms with Crippen molar-refractivity contribution in [2.24, 2.45) is 0 Å². The zero-order chi connectivity index (χ0) is 30.7. The number of halogens is 1. The fourth-order valence-electron chi connectivity index (χ4n) is 5.90. The predicted molar refractivity (Wildman–Crippen MR) is 166 cm³/mol. The Morgan fingerprint density at radius 1 is 1.05 bits per heavy atom. The third kappa shape index (κ3) is 6.28. The van der Waals surface area contributed by atoms with Crippen molar-refractivity contribution in [3.8, 4) is 0 Å². The number of nitrogens with zero attached hydrogens (tertiary/aromatic N) is 4. The van der Waals surface area contributed by atoms with E-state index in [2.05, 4.69) is 27.6 Å². The van der Waals surface area contributed by atoms with Crippen LogP contribution < -0.4 is 15.6 Å². The van der Waals surface area contributed by atoms with Gasteiger partial charge in [-0.05, 0) is 80.8 Å². The Balaban J connectivity index is 1.27. The van der Waals surface area contributed by atoms with Gasteiger partial charge in [-0.1, -0.05) is 25.1 Å². The molecule has 232 valence electrons. The smallest absolute Gasteiger partial charge is 0.255 e. The molecule has 10 nitrogen and oxygen atoms in total. The molecule has 0 saturated carbocycles. The monoisotopic (exact) mass is 620 g/mol. The van der Waals surface area contributed by atoms with Crippen LogP contribution >= 0.6 is 0 Å². The Kier molecular flexibility index (Phi) is 8.83. The highest BCUT2D eigenvalue weighted by molar-refractivity contribution is 7.91. The molecule has 2 saturated heterocycles. The number of carbonyl (C=O) groups excluding carboxylic acids is 1. The van der Waals surface area contributed by atoms with E-state index in [0.29, 0.717) is 36.2 Å². The van der Waals surface area contributed by atoms with E-state index in [4.69, 9.17) is 4.74 Å². The number of carbonyl (C=O) groups is 1. The van der Waals surface area contributed by atoms with Gasteiger partial charge in [-0.15, -0.1) is 0 Å². The quantitative estimate of drug-likeness (QED) is 0.284. The number of hydrogen-bond donors (Lipinski definition) is 2. The molecule has 3 heterocycles. The topological polar surface area (TPSA) is 109 Å². The van der Waals surface area contributed by atoms with Gasteiger partial charge in [0.1, 0.15) is 18.2 Å². The Hall–Kier alpha value is -4.00. The third-order valence-corrected chi connectivity index (χ3v) is 9.87. The minimum Gasteiger partial charge on any atom is -0.359 e. The molecule has 6 rings (SSSR count). The van der Waals surface area contributed by atoms with Crippen LogP contribution in [0.15, 0.2) is 82.7 Å². The first kappa shape index (κ1) is 30.0. The molecule has 2 atom stereocenters. The predicted octanol–water partition coefficient (Wildman–Crippen LogP) is 4.37. The molecule has 0 spiro atoms. The number of para-hydroxylation sites is 1. The first-order valence-electron chi connectivity index (χ1n) is 15.1. The van der Waals surface area contributed by atoms with Crippen LogP contribution in [0.3, 0.4) is 0 Å². The molecule has 0 bridgehead atoms. The second-order valence-electron chi connectivity index (χ2n) is 11.2. The van der Waals surface area contributed by atoms with E-state index in [0.717, 1.165) is 50.5 Å². The number of nitrogens with one attached hydrogen (secondary N) is 2. The number of sulfone groups is 1. The summed E-state index contributed by atoms with van der Waals surface area (Å²) < 4.78 is 46.1. The second-order valence-corrected chi connectivity index (χ2v) is 13.2. The summed E-state index contributed by atoms with van der Waals surface area (Å²) in [5, 5.41) is 13.9. The molecule has 0 radical (unpaired) electrons. The van der Waals surface area contributed by atoms with E-state index in [1.807, 2.05) is 23.2 Å². The van der Waals surface area contributed by atoms with E-state index in [9.17, 15) is 17.6 Å². The molecule has 2 aliphatic heterocycles.